The molecule has 4 aromatic carbocycles. The number of hydrogen-bond donors (Lipinski definition) is 4. The number of hydrogen-bond acceptors (Lipinski definition) is 12. The third-order valence-electron chi connectivity index (χ3n) is 15.3. The minimum atomic E-state index is -4.78. The number of alkyl halides is 6. The van der Waals surface area contributed by atoms with Gasteiger partial charge in [0.15, 0.2) is 23.0 Å². The van der Waals surface area contributed by atoms with E-state index in [0.29, 0.717) is 23.5 Å². The third kappa shape index (κ3) is 9.55. The van der Waals surface area contributed by atoms with Gasteiger partial charge in [-0.25, -0.2) is 9.98 Å². The van der Waals surface area contributed by atoms with E-state index in [2.05, 4.69) is 37.5 Å². The van der Waals surface area contributed by atoms with Gasteiger partial charge in [-0.2, -0.15) is 0 Å². The highest BCUT2D eigenvalue weighted by atomic mass is 79.9. The fraction of sp³-hybridized carbons (Fsp3) is 0.440. The van der Waals surface area contributed by atoms with Crippen LogP contribution in [0.1, 0.15) is 73.6 Å². The van der Waals surface area contributed by atoms with Crippen LogP contribution in [0.4, 0.5) is 26.3 Å². The molecule has 6 N–H and O–H groups in total. The number of ether oxygens (including phenoxy) is 4. The molecule has 4 spiro atoms. The highest BCUT2D eigenvalue weighted by Gasteiger charge is 2.67. The highest BCUT2D eigenvalue weighted by molar-refractivity contribution is 9.10. The van der Waals surface area contributed by atoms with Gasteiger partial charge in [0, 0.05) is 43.6 Å². The van der Waals surface area contributed by atoms with Crippen LogP contribution in [0.5, 0.6) is 11.5 Å². The van der Waals surface area contributed by atoms with Crippen LogP contribution in [0.25, 0.3) is 11.1 Å². The minimum absolute atomic E-state index is 0.00715. The monoisotopic (exact) mass is 1070 g/mol. The van der Waals surface area contributed by atoms with Crippen LogP contribution < -0.4 is 26.4 Å². The Bertz CT molecular complexity index is 2780. The van der Waals surface area contributed by atoms with E-state index in [1.54, 1.807) is 34.4 Å². The van der Waals surface area contributed by atoms with Crippen LogP contribution in [0.3, 0.4) is 0 Å². The van der Waals surface area contributed by atoms with Gasteiger partial charge in [0.05, 0.1) is 12.2 Å². The maximum Gasteiger partial charge on any atom is 0.573 e. The lowest BCUT2D eigenvalue weighted by Crippen LogP contribution is -2.51. The van der Waals surface area contributed by atoms with Crippen molar-refractivity contribution in [2.24, 2.45) is 32.3 Å². The first-order chi connectivity index (χ1) is 33.9. The second-order valence-corrected chi connectivity index (χ2v) is 20.0. The standard InChI is InChI=1S/C25H26F3N3O3.C18H22BrN3O2.C7H6BF3O3/c1-31-21(32)24(30-22(31)29)20-13-16(15-4-3-5-19(12-15)34-25(26,27)28)6-7-17(20)14-23(24)10-8-18(33-2)9-11-23;1-22-15(23)18(21-16(22)20)14-9-12(19)4-3-11(14)10-17(18)7-5-13(24-2)6-8-17;9-7(10,11)14-6-3-1-2-5(4-6)8(12)13/h3-7,12-13,18H,8-11,14H2,1-2H3,(H2,29,30);3-4,9,13H,5-8,10H2,1-2H3,(H2,20,21);1-4,12-13H. The van der Waals surface area contributed by atoms with Gasteiger partial charge in [0.25, 0.3) is 11.8 Å². The quantitative estimate of drug-likeness (QED) is 0.113. The van der Waals surface area contributed by atoms with Gasteiger partial charge < -0.3 is 40.5 Å². The molecule has 2 heterocycles. The molecule has 2 aliphatic heterocycles. The third-order valence-corrected chi connectivity index (χ3v) is 15.8. The van der Waals surface area contributed by atoms with Crippen LogP contribution in [0.2, 0.25) is 0 Å². The SMILES string of the molecule is COC1CCC2(CC1)Cc1ccc(-c3cccc(OC(F)(F)F)c3)cc1C21N=C(N)N(C)C1=O.COC1CCC2(CC1)Cc1ccc(Br)cc1C21N=C(N)N(C)C1=O.OB(O)c1cccc(OC(F)(F)F)c1. The molecule has 0 bridgehead atoms. The van der Waals surface area contributed by atoms with E-state index >= 15 is 0 Å². The van der Waals surface area contributed by atoms with Crippen LogP contribution >= 0.6 is 15.9 Å². The van der Waals surface area contributed by atoms with E-state index in [-0.39, 0.29) is 46.6 Å². The second-order valence-electron chi connectivity index (χ2n) is 19.1. The first-order valence-electron chi connectivity index (χ1n) is 23.2. The molecule has 22 heteroatoms. The van der Waals surface area contributed by atoms with Gasteiger partial charge in [-0.15, -0.1) is 26.3 Å². The summed E-state index contributed by atoms with van der Waals surface area (Å²) in [5, 5.41) is 17.3. The summed E-state index contributed by atoms with van der Waals surface area (Å²) in [6.45, 7) is 0. The Kier molecular flexibility index (Phi) is 14.4. The van der Waals surface area contributed by atoms with Crippen molar-refractivity contribution in [3.63, 3.8) is 0 Å². The van der Waals surface area contributed by atoms with Crippen LogP contribution in [-0.4, -0.2) is 104 Å². The number of aliphatic imine (C=N–C) groups is 2. The summed E-state index contributed by atoms with van der Waals surface area (Å²) in [6.07, 6.45) is -0.628. The number of halogens is 7. The number of carbonyl (C=O) groups is 2. The maximum absolute atomic E-state index is 13.7. The Hall–Kier alpha value is -5.68. The summed E-state index contributed by atoms with van der Waals surface area (Å²) < 4.78 is 93.1. The molecule has 0 aromatic heterocycles. The molecule has 14 nitrogen and oxygen atoms in total. The van der Waals surface area contributed by atoms with Crippen molar-refractivity contribution in [2.75, 3.05) is 28.3 Å². The van der Waals surface area contributed by atoms with Gasteiger partial charge in [-0.05, 0) is 146 Å². The van der Waals surface area contributed by atoms with Gasteiger partial charge >= 0.3 is 19.8 Å². The zero-order valence-electron chi connectivity index (χ0n) is 39.8. The molecule has 72 heavy (non-hydrogen) atoms. The van der Waals surface area contributed by atoms with E-state index in [1.165, 1.54) is 45.7 Å². The summed E-state index contributed by atoms with van der Waals surface area (Å²) in [7, 11) is 5.01. The number of nitrogens with zero attached hydrogens (tertiary/aromatic N) is 4. The van der Waals surface area contributed by atoms with Gasteiger partial charge in [0.2, 0.25) is 0 Å². The number of guanidine groups is 2. The molecule has 6 aliphatic rings. The maximum atomic E-state index is 13.7. The normalized spacial score (nSPS) is 27.3. The predicted octanol–water partition coefficient (Wildman–Crippen LogP) is 7.19. The van der Waals surface area contributed by atoms with Gasteiger partial charge in [0.1, 0.15) is 11.5 Å². The van der Waals surface area contributed by atoms with Crippen molar-refractivity contribution in [1.82, 2.24) is 9.80 Å². The van der Waals surface area contributed by atoms with Gasteiger partial charge in [-0.1, -0.05) is 58.4 Å². The first-order valence-corrected chi connectivity index (χ1v) is 24.0. The Morgan fingerprint density at radius 3 is 1.50 bits per heavy atom. The number of rotatable bonds is 6. The summed E-state index contributed by atoms with van der Waals surface area (Å²) >= 11 is 3.55. The molecule has 0 radical (unpaired) electrons. The molecule has 0 saturated heterocycles. The molecule has 2 fully saturated rings. The molecule has 4 aliphatic carbocycles. The van der Waals surface area contributed by atoms with E-state index in [4.69, 9.17) is 41.0 Å². The van der Waals surface area contributed by atoms with Crippen LogP contribution in [-0.2, 0) is 43.0 Å². The van der Waals surface area contributed by atoms with Crippen molar-refractivity contribution in [3.05, 3.63) is 112 Å². The van der Waals surface area contributed by atoms with Gasteiger partial charge in [-0.3, -0.25) is 19.4 Å². The summed E-state index contributed by atoms with van der Waals surface area (Å²) in [5.74, 6) is -0.437. The number of benzene rings is 4. The number of carbonyl (C=O) groups excluding carboxylic acids is 2. The van der Waals surface area contributed by atoms with E-state index in [9.17, 15) is 35.9 Å². The van der Waals surface area contributed by atoms with Crippen molar-refractivity contribution in [3.8, 4) is 22.6 Å². The van der Waals surface area contributed by atoms with E-state index in [1.807, 2.05) is 24.3 Å². The topological polar surface area (TPSA) is 195 Å². The summed E-state index contributed by atoms with van der Waals surface area (Å²) in [6, 6.07) is 22.2. The average molecular weight is 1070 g/mol. The minimum Gasteiger partial charge on any atom is -0.423 e. The largest absolute Gasteiger partial charge is 0.573 e. The fourth-order valence-electron chi connectivity index (χ4n) is 11.7. The number of methoxy groups -OCH3 is 2. The van der Waals surface area contributed by atoms with Crippen molar-refractivity contribution < 1.29 is 64.9 Å². The lowest BCUT2D eigenvalue weighted by atomic mass is 9.61. The van der Waals surface area contributed by atoms with Crippen LogP contribution in [0, 0.1) is 10.8 Å². The number of likely N-dealkylation sites (N-methyl/N-ethyl adjacent to an activating group) is 2. The van der Waals surface area contributed by atoms with Crippen LogP contribution in [0.15, 0.2) is 99.4 Å². The Morgan fingerprint density at radius 1 is 0.639 bits per heavy atom. The Labute approximate surface area is 420 Å². The molecular weight excluding hydrogens is 1020 g/mol. The molecule has 2 amide bonds. The highest BCUT2D eigenvalue weighted by Crippen LogP contribution is 2.63. The zero-order valence-corrected chi connectivity index (χ0v) is 41.4. The summed E-state index contributed by atoms with van der Waals surface area (Å²) in [5.41, 5.74) is 14.8. The Morgan fingerprint density at radius 2 is 1.07 bits per heavy atom. The number of nitrogens with two attached hydrogens (primary N) is 2. The molecular formula is C50H54BBrF6N6O8. The molecule has 4 aromatic rings. The fourth-order valence-corrected chi connectivity index (χ4v) is 12.1. The number of fused-ring (bicyclic) bond motifs is 6. The molecule has 2 saturated carbocycles. The van der Waals surface area contributed by atoms with Crippen molar-refractivity contribution >= 4 is 52.2 Å². The first kappa shape index (κ1) is 52.6. The zero-order chi connectivity index (χ0) is 52.2. The van der Waals surface area contributed by atoms with E-state index < -0.39 is 42.1 Å². The smallest absolute Gasteiger partial charge is 0.423 e. The van der Waals surface area contributed by atoms with Crippen molar-refractivity contribution in [2.45, 2.75) is 100 Å². The molecule has 2 atom stereocenters. The average Bonchev–Trinajstić information content (AvgIpc) is 3.93. The van der Waals surface area contributed by atoms with E-state index in [0.717, 1.165) is 91.1 Å². The lowest BCUT2D eigenvalue weighted by molar-refractivity contribution is -0.275. The lowest BCUT2D eigenvalue weighted by Gasteiger charge is -2.45. The molecule has 2 unspecified atom stereocenters. The number of amides is 2. The summed E-state index contributed by atoms with van der Waals surface area (Å²) in [4.78, 5) is 39.6. The second kappa shape index (κ2) is 19.6. The molecule has 10 rings (SSSR count). The van der Waals surface area contributed by atoms with Crippen molar-refractivity contribution in [1.29, 1.82) is 0 Å². The predicted molar refractivity (Wildman–Crippen MR) is 259 cm³/mol. The Balaban J connectivity index is 0.000000158. The molecule has 384 valence electrons.